The van der Waals surface area contributed by atoms with Crippen molar-refractivity contribution in [2.45, 2.75) is 77.0 Å². The summed E-state index contributed by atoms with van der Waals surface area (Å²) >= 11 is -2.55. The van der Waals surface area contributed by atoms with Crippen LogP contribution in [0.2, 0.25) is 0 Å². The molecule has 4 aliphatic heterocycles. The van der Waals surface area contributed by atoms with Crippen molar-refractivity contribution in [2.24, 2.45) is 0 Å². The van der Waals surface area contributed by atoms with Crippen molar-refractivity contribution < 1.29 is 0 Å². The summed E-state index contributed by atoms with van der Waals surface area (Å²) in [5.41, 5.74) is 0. The van der Waals surface area contributed by atoms with Crippen molar-refractivity contribution in [3.63, 3.8) is 0 Å². The standard InChI is InChI=1S/C20H40GeN4/c1-5-13-22(14-6-1)21(23-15-7-2-8-16-23,24-17-9-3-10-18-24)25-19-11-4-12-20-25/h1-20H2. The summed E-state index contributed by atoms with van der Waals surface area (Å²) in [4.78, 5) is 0. The Morgan fingerprint density at radius 2 is 0.480 bits per heavy atom. The Labute approximate surface area is 159 Å². The van der Waals surface area contributed by atoms with Gasteiger partial charge in [-0.25, -0.2) is 0 Å². The molecule has 4 aliphatic rings. The van der Waals surface area contributed by atoms with Gasteiger partial charge in [0, 0.05) is 0 Å². The Morgan fingerprint density at radius 3 is 0.680 bits per heavy atom. The first-order valence-corrected chi connectivity index (χ1v) is 15.2. The van der Waals surface area contributed by atoms with E-state index in [2.05, 4.69) is 15.4 Å². The van der Waals surface area contributed by atoms with Crippen molar-refractivity contribution in [2.75, 3.05) is 52.4 Å². The third-order valence-electron chi connectivity index (χ3n) is 7.12. The third-order valence-corrected chi connectivity index (χ3v) is 18.0. The Balaban J connectivity index is 1.70. The molecule has 0 radical (unpaired) electrons. The van der Waals surface area contributed by atoms with E-state index in [4.69, 9.17) is 0 Å². The molecular weight excluding hydrogens is 369 g/mol. The Morgan fingerprint density at radius 1 is 0.280 bits per heavy atom. The van der Waals surface area contributed by atoms with Gasteiger partial charge in [-0.3, -0.25) is 0 Å². The quantitative estimate of drug-likeness (QED) is 0.661. The second kappa shape index (κ2) is 9.05. The van der Waals surface area contributed by atoms with Crippen LogP contribution in [-0.2, 0) is 0 Å². The Bertz CT molecular complexity index is 317. The summed E-state index contributed by atoms with van der Waals surface area (Å²) in [6.45, 7) is 11.1. The van der Waals surface area contributed by atoms with Gasteiger partial charge in [0.1, 0.15) is 0 Å². The molecule has 4 heterocycles. The van der Waals surface area contributed by atoms with E-state index < -0.39 is 14.2 Å². The van der Waals surface area contributed by atoms with Crippen LogP contribution < -0.4 is 0 Å². The normalized spacial score (nSPS) is 29.8. The van der Waals surface area contributed by atoms with Gasteiger partial charge in [-0.05, 0) is 0 Å². The maximum atomic E-state index is 3.12. The predicted octanol–water partition coefficient (Wildman–Crippen LogP) is 3.37. The molecule has 0 aromatic rings. The third kappa shape index (κ3) is 3.84. The molecule has 0 atom stereocenters. The SMILES string of the molecule is C1CC[N]([Ge]([N]2CCCCC2)([N]2CCCCC2)[N]2CCCCC2)CC1. The van der Waals surface area contributed by atoms with E-state index in [-0.39, 0.29) is 0 Å². The van der Waals surface area contributed by atoms with E-state index >= 15 is 0 Å². The van der Waals surface area contributed by atoms with E-state index in [1.807, 2.05) is 0 Å². The van der Waals surface area contributed by atoms with Gasteiger partial charge in [0.05, 0.1) is 0 Å². The topological polar surface area (TPSA) is 13.0 Å². The molecule has 4 rings (SSSR count). The molecule has 4 fully saturated rings. The van der Waals surface area contributed by atoms with Gasteiger partial charge in [-0.1, -0.05) is 0 Å². The molecule has 4 nitrogen and oxygen atoms in total. The Kier molecular flexibility index (Phi) is 6.78. The first-order valence-electron chi connectivity index (χ1n) is 11.4. The zero-order valence-corrected chi connectivity index (χ0v) is 18.5. The fraction of sp³-hybridized carbons (Fsp3) is 1.00. The second-order valence-electron chi connectivity index (χ2n) is 8.79. The number of piperidine rings is 4. The average molecular weight is 409 g/mol. The zero-order chi connectivity index (χ0) is 17.0. The first kappa shape index (κ1) is 18.7. The van der Waals surface area contributed by atoms with E-state index in [1.54, 1.807) is 0 Å². The van der Waals surface area contributed by atoms with Crippen LogP contribution >= 0.6 is 0 Å². The second-order valence-corrected chi connectivity index (χ2v) is 16.6. The molecule has 0 N–H and O–H groups in total. The summed E-state index contributed by atoms with van der Waals surface area (Å²) < 4.78 is 12.5. The van der Waals surface area contributed by atoms with E-state index in [0.29, 0.717) is 0 Å². The van der Waals surface area contributed by atoms with E-state index in [9.17, 15) is 0 Å². The summed E-state index contributed by atoms with van der Waals surface area (Å²) in [5, 5.41) is 0. The molecule has 0 aliphatic carbocycles. The average Bonchev–Trinajstić information content (AvgIpc) is 2.72. The number of nitrogens with zero attached hydrogens (tertiary/aromatic N) is 4. The fourth-order valence-electron chi connectivity index (χ4n) is 5.98. The van der Waals surface area contributed by atoms with Crippen molar-refractivity contribution in [1.82, 2.24) is 15.4 Å². The summed E-state index contributed by atoms with van der Waals surface area (Å²) in [6.07, 6.45) is 17.4. The van der Waals surface area contributed by atoms with E-state index in [0.717, 1.165) is 0 Å². The van der Waals surface area contributed by atoms with Crippen molar-refractivity contribution in [3.05, 3.63) is 0 Å². The minimum absolute atomic E-state index is 1.39. The molecule has 0 aromatic carbocycles. The van der Waals surface area contributed by atoms with Crippen LogP contribution in [-0.4, -0.2) is 81.9 Å². The first-order chi connectivity index (χ1) is 12.4. The molecule has 25 heavy (non-hydrogen) atoms. The molecule has 5 heteroatoms. The maximum absolute atomic E-state index is 3.12. The molecule has 0 amide bonds. The van der Waals surface area contributed by atoms with Crippen LogP contribution in [0.15, 0.2) is 0 Å². The van der Waals surface area contributed by atoms with Crippen LogP contribution in [0.3, 0.4) is 0 Å². The summed E-state index contributed by atoms with van der Waals surface area (Å²) in [5.74, 6) is 0. The predicted molar refractivity (Wildman–Crippen MR) is 107 cm³/mol. The van der Waals surface area contributed by atoms with Gasteiger partial charge < -0.3 is 0 Å². The van der Waals surface area contributed by atoms with Crippen LogP contribution in [0.4, 0.5) is 0 Å². The molecular formula is C20H40GeN4. The molecule has 0 bridgehead atoms. The summed E-state index contributed by atoms with van der Waals surface area (Å²) in [6, 6.07) is 0. The van der Waals surface area contributed by atoms with E-state index in [1.165, 1.54) is 129 Å². The molecule has 0 saturated carbocycles. The van der Waals surface area contributed by atoms with Gasteiger partial charge in [0.15, 0.2) is 0 Å². The van der Waals surface area contributed by atoms with Gasteiger partial charge in [0.25, 0.3) is 0 Å². The molecule has 144 valence electrons. The molecule has 0 unspecified atom stereocenters. The van der Waals surface area contributed by atoms with Crippen LogP contribution in [0.5, 0.6) is 0 Å². The van der Waals surface area contributed by atoms with Crippen LogP contribution in [0.25, 0.3) is 0 Å². The van der Waals surface area contributed by atoms with Crippen molar-refractivity contribution in [1.29, 1.82) is 0 Å². The molecule has 0 spiro atoms. The van der Waals surface area contributed by atoms with Crippen LogP contribution in [0, 0.1) is 0 Å². The molecule has 4 saturated heterocycles. The minimum atomic E-state index is -2.55. The number of hydrogen-bond acceptors (Lipinski definition) is 4. The van der Waals surface area contributed by atoms with Gasteiger partial charge in [-0.2, -0.15) is 0 Å². The summed E-state index contributed by atoms with van der Waals surface area (Å²) in [7, 11) is 0. The zero-order valence-electron chi connectivity index (χ0n) is 16.4. The Hall–Kier alpha value is 0.383. The number of rotatable bonds is 4. The van der Waals surface area contributed by atoms with Crippen molar-refractivity contribution in [3.8, 4) is 0 Å². The van der Waals surface area contributed by atoms with Crippen LogP contribution in [0.1, 0.15) is 77.0 Å². The van der Waals surface area contributed by atoms with Gasteiger partial charge in [-0.15, -0.1) is 0 Å². The fourth-order valence-corrected chi connectivity index (χ4v) is 18.7. The molecule has 0 aromatic heterocycles. The van der Waals surface area contributed by atoms with Crippen molar-refractivity contribution >= 4 is 14.2 Å². The monoisotopic (exact) mass is 410 g/mol. The number of hydrogen-bond donors (Lipinski definition) is 0. The van der Waals surface area contributed by atoms with Gasteiger partial charge in [0.2, 0.25) is 0 Å². The van der Waals surface area contributed by atoms with Gasteiger partial charge >= 0.3 is 159 Å².